The van der Waals surface area contributed by atoms with Crippen LogP contribution in [0.5, 0.6) is 0 Å². The molecule has 0 radical (unpaired) electrons. The Morgan fingerprint density at radius 1 is 1.12 bits per heavy atom. The van der Waals surface area contributed by atoms with E-state index in [4.69, 9.17) is 4.42 Å². The highest BCUT2D eigenvalue weighted by Gasteiger charge is 2.30. The third-order valence-electron chi connectivity index (χ3n) is 4.68. The van der Waals surface area contributed by atoms with Gasteiger partial charge >= 0.3 is 0 Å². The molecule has 0 aliphatic carbocycles. The first-order chi connectivity index (χ1) is 11.8. The van der Waals surface area contributed by atoms with E-state index in [1.807, 2.05) is 48.7 Å². The molecule has 0 N–H and O–H groups in total. The van der Waals surface area contributed by atoms with E-state index in [0.29, 0.717) is 12.2 Å². The summed E-state index contributed by atoms with van der Waals surface area (Å²) in [7, 11) is 0. The van der Waals surface area contributed by atoms with Gasteiger partial charge in [0.05, 0.1) is 24.3 Å². The van der Waals surface area contributed by atoms with Crippen LogP contribution in [0.2, 0.25) is 0 Å². The van der Waals surface area contributed by atoms with Crippen molar-refractivity contribution in [3.8, 4) is 11.3 Å². The molecule has 24 heavy (non-hydrogen) atoms. The summed E-state index contributed by atoms with van der Waals surface area (Å²) in [6, 6.07) is 17.7. The molecule has 0 saturated heterocycles. The van der Waals surface area contributed by atoms with Gasteiger partial charge in [-0.05, 0) is 17.7 Å². The standard InChI is InChI=1S/C20H14N2O2/c23-18(20-9-13-5-1-4-8-19(13)24-20)10-16-14-6-2-3-7-15(14)17-11-21-12-22(16)17/h1-9,11-12,16H,10H2. The number of aromatic nitrogens is 2. The maximum absolute atomic E-state index is 12.8. The van der Waals surface area contributed by atoms with Crippen molar-refractivity contribution < 1.29 is 9.21 Å². The minimum absolute atomic E-state index is 0.00699. The average molecular weight is 314 g/mol. The van der Waals surface area contributed by atoms with Crippen LogP contribution in [0.3, 0.4) is 0 Å². The largest absolute Gasteiger partial charge is 0.453 e. The number of furan rings is 1. The van der Waals surface area contributed by atoms with Crippen molar-refractivity contribution in [3.63, 3.8) is 0 Å². The van der Waals surface area contributed by atoms with Gasteiger partial charge in [0.15, 0.2) is 11.5 Å². The van der Waals surface area contributed by atoms with Crippen molar-refractivity contribution in [2.75, 3.05) is 0 Å². The van der Waals surface area contributed by atoms with Gasteiger partial charge in [0.2, 0.25) is 0 Å². The highest BCUT2D eigenvalue weighted by Crippen LogP contribution is 2.41. The number of benzene rings is 2. The number of carbonyl (C=O) groups excluding carboxylic acids is 1. The smallest absolute Gasteiger partial charge is 0.200 e. The topological polar surface area (TPSA) is 48.0 Å². The molecule has 2 aromatic carbocycles. The summed E-state index contributed by atoms with van der Waals surface area (Å²) < 4.78 is 7.80. The van der Waals surface area contributed by atoms with E-state index in [2.05, 4.69) is 21.7 Å². The van der Waals surface area contributed by atoms with Crippen molar-refractivity contribution in [1.82, 2.24) is 9.55 Å². The summed E-state index contributed by atoms with van der Waals surface area (Å²) in [5.74, 6) is 0.426. The lowest BCUT2D eigenvalue weighted by molar-refractivity contribution is 0.0945. The van der Waals surface area contributed by atoms with Crippen LogP contribution in [0.4, 0.5) is 0 Å². The predicted molar refractivity (Wildman–Crippen MR) is 91.0 cm³/mol. The number of hydrogen-bond donors (Lipinski definition) is 0. The van der Waals surface area contributed by atoms with Crippen molar-refractivity contribution in [3.05, 3.63) is 78.4 Å². The molecular formula is C20H14N2O2. The molecular weight excluding hydrogens is 300 g/mol. The molecule has 3 heterocycles. The third kappa shape index (κ3) is 1.86. The molecule has 1 aliphatic rings. The van der Waals surface area contributed by atoms with Gasteiger partial charge in [-0.2, -0.15) is 0 Å². The summed E-state index contributed by atoms with van der Waals surface area (Å²) in [6.07, 6.45) is 4.01. The third-order valence-corrected chi connectivity index (χ3v) is 4.68. The van der Waals surface area contributed by atoms with Crippen LogP contribution in [-0.2, 0) is 0 Å². The molecule has 5 rings (SSSR count). The van der Waals surface area contributed by atoms with Crippen molar-refractivity contribution >= 4 is 16.8 Å². The van der Waals surface area contributed by atoms with Crippen LogP contribution in [0.1, 0.15) is 28.6 Å². The van der Waals surface area contributed by atoms with Crippen LogP contribution in [0.15, 0.2) is 71.5 Å². The number of para-hydroxylation sites is 1. The highest BCUT2D eigenvalue weighted by molar-refractivity contribution is 5.98. The van der Waals surface area contributed by atoms with E-state index in [-0.39, 0.29) is 11.8 Å². The monoisotopic (exact) mass is 314 g/mol. The zero-order valence-electron chi connectivity index (χ0n) is 12.8. The number of carbonyl (C=O) groups is 1. The van der Waals surface area contributed by atoms with E-state index in [1.165, 1.54) is 5.56 Å². The molecule has 4 heteroatoms. The zero-order valence-corrected chi connectivity index (χ0v) is 12.8. The van der Waals surface area contributed by atoms with E-state index < -0.39 is 0 Å². The zero-order chi connectivity index (χ0) is 16.1. The van der Waals surface area contributed by atoms with E-state index in [1.54, 1.807) is 6.33 Å². The predicted octanol–water partition coefficient (Wildman–Crippen LogP) is 4.47. The molecule has 0 fully saturated rings. The first kappa shape index (κ1) is 13.3. The van der Waals surface area contributed by atoms with Gasteiger partial charge in [0, 0.05) is 17.4 Å². The lowest BCUT2D eigenvalue weighted by Crippen LogP contribution is -2.11. The normalized spacial score (nSPS) is 15.4. The molecule has 1 atom stereocenters. The van der Waals surface area contributed by atoms with E-state index >= 15 is 0 Å². The number of imidazole rings is 1. The first-order valence-electron chi connectivity index (χ1n) is 7.94. The van der Waals surface area contributed by atoms with E-state index in [0.717, 1.165) is 22.2 Å². The lowest BCUT2D eigenvalue weighted by Gasteiger charge is -2.13. The Bertz CT molecular complexity index is 1040. The van der Waals surface area contributed by atoms with Gasteiger partial charge in [0.1, 0.15) is 5.58 Å². The maximum Gasteiger partial charge on any atom is 0.200 e. The highest BCUT2D eigenvalue weighted by atomic mass is 16.3. The van der Waals surface area contributed by atoms with Crippen LogP contribution in [0, 0.1) is 0 Å². The molecule has 116 valence electrons. The van der Waals surface area contributed by atoms with Crippen LogP contribution in [-0.4, -0.2) is 15.3 Å². The second-order valence-corrected chi connectivity index (χ2v) is 6.06. The Morgan fingerprint density at radius 2 is 1.96 bits per heavy atom. The number of rotatable bonds is 3. The van der Waals surface area contributed by atoms with Crippen LogP contribution in [0.25, 0.3) is 22.2 Å². The van der Waals surface area contributed by atoms with Gasteiger partial charge in [-0.1, -0.05) is 42.5 Å². The van der Waals surface area contributed by atoms with Crippen molar-refractivity contribution in [2.24, 2.45) is 0 Å². The molecule has 1 unspecified atom stereocenters. The molecule has 2 aromatic heterocycles. The van der Waals surface area contributed by atoms with Gasteiger partial charge in [-0.3, -0.25) is 4.79 Å². The van der Waals surface area contributed by atoms with E-state index in [9.17, 15) is 4.79 Å². The Morgan fingerprint density at radius 3 is 2.88 bits per heavy atom. The summed E-state index contributed by atoms with van der Waals surface area (Å²) in [4.78, 5) is 17.0. The second-order valence-electron chi connectivity index (χ2n) is 6.06. The number of Topliss-reactive ketones (excluding diaryl/α,β-unsaturated/α-hetero) is 1. The minimum atomic E-state index is -0.0283. The Balaban J connectivity index is 1.52. The molecule has 0 spiro atoms. The minimum Gasteiger partial charge on any atom is -0.453 e. The molecule has 0 amide bonds. The van der Waals surface area contributed by atoms with Gasteiger partial charge in [-0.25, -0.2) is 4.98 Å². The van der Waals surface area contributed by atoms with Gasteiger partial charge in [0.25, 0.3) is 0 Å². The van der Waals surface area contributed by atoms with Crippen LogP contribution >= 0.6 is 0 Å². The Kier molecular flexibility index (Phi) is 2.73. The second kappa shape index (κ2) is 4.93. The Labute approximate surface area is 138 Å². The Hall–Kier alpha value is -3.14. The quantitative estimate of drug-likeness (QED) is 0.524. The molecule has 4 aromatic rings. The number of nitrogens with zero attached hydrogens (tertiary/aromatic N) is 2. The number of hydrogen-bond acceptors (Lipinski definition) is 3. The van der Waals surface area contributed by atoms with Crippen molar-refractivity contribution in [2.45, 2.75) is 12.5 Å². The van der Waals surface area contributed by atoms with Gasteiger partial charge < -0.3 is 8.98 Å². The molecule has 0 saturated carbocycles. The average Bonchev–Trinajstić information content (AvgIpc) is 3.30. The molecule has 4 nitrogen and oxygen atoms in total. The number of ketones is 1. The molecule has 1 aliphatic heterocycles. The first-order valence-corrected chi connectivity index (χ1v) is 7.94. The lowest BCUT2D eigenvalue weighted by atomic mass is 9.98. The van der Waals surface area contributed by atoms with Crippen molar-refractivity contribution in [1.29, 1.82) is 0 Å². The fourth-order valence-corrected chi connectivity index (χ4v) is 3.54. The summed E-state index contributed by atoms with van der Waals surface area (Å²) in [5, 5.41) is 0.955. The molecule has 0 bridgehead atoms. The summed E-state index contributed by atoms with van der Waals surface area (Å²) in [6.45, 7) is 0. The fourth-order valence-electron chi connectivity index (χ4n) is 3.54. The fraction of sp³-hybridized carbons (Fsp3) is 0.100. The number of fused-ring (bicyclic) bond motifs is 4. The summed E-state index contributed by atoms with van der Waals surface area (Å²) >= 11 is 0. The van der Waals surface area contributed by atoms with Crippen LogP contribution < -0.4 is 0 Å². The maximum atomic E-state index is 12.8. The van der Waals surface area contributed by atoms with Gasteiger partial charge in [-0.15, -0.1) is 0 Å². The SMILES string of the molecule is O=C(CC1c2ccccc2-c2cncn21)c1cc2ccccc2o1. The summed E-state index contributed by atoms with van der Waals surface area (Å²) in [5.41, 5.74) is 4.13.